The molecule has 154 valence electrons. The van der Waals surface area contributed by atoms with E-state index >= 15 is 0 Å². The van der Waals surface area contributed by atoms with Gasteiger partial charge in [0.15, 0.2) is 5.78 Å². The first-order valence-electron chi connectivity index (χ1n) is 10.9. The molecule has 3 nitrogen and oxygen atoms in total. The van der Waals surface area contributed by atoms with Crippen molar-refractivity contribution >= 4 is 11.6 Å². The van der Waals surface area contributed by atoms with Crippen LogP contribution in [0, 0.1) is 16.7 Å². The van der Waals surface area contributed by atoms with Crippen molar-refractivity contribution in [3.63, 3.8) is 0 Å². The maximum absolute atomic E-state index is 13.3. The molecule has 2 unspecified atom stereocenters. The summed E-state index contributed by atoms with van der Waals surface area (Å²) in [5.74, 6) is 0.430. The summed E-state index contributed by atoms with van der Waals surface area (Å²) in [6, 6.07) is 8.57. The average molecular weight is 392 g/mol. The molecule has 3 aliphatic rings. The molecule has 1 heterocycles. The normalized spacial score (nSPS) is 27.9. The summed E-state index contributed by atoms with van der Waals surface area (Å²) in [6.07, 6.45) is 4.13. The number of nitrogens with one attached hydrogen (secondary N) is 1. The lowest BCUT2D eigenvalue weighted by molar-refractivity contribution is -0.125. The Morgan fingerprint density at radius 2 is 1.59 bits per heavy atom. The molecule has 1 aromatic rings. The summed E-state index contributed by atoms with van der Waals surface area (Å²) in [5.41, 5.74) is 5.01. The number of allylic oxidation sites excluding steroid dienone is 4. The van der Waals surface area contributed by atoms with Crippen molar-refractivity contribution in [3.8, 4) is 0 Å². The lowest BCUT2D eigenvalue weighted by Crippen LogP contribution is -2.46. The number of fused-ring (bicyclic) bond motifs is 1. The summed E-state index contributed by atoms with van der Waals surface area (Å²) >= 11 is 0. The molecule has 0 spiro atoms. The zero-order valence-electron chi connectivity index (χ0n) is 18.6. The van der Waals surface area contributed by atoms with E-state index in [-0.39, 0.29) is 34.2 Å². The zero-order chi connectivity index (χ0) is 21.1. The third-order valence-electron chi connectivity index (χ3n) is 6.68. The molecule has 1 N–H and O–H groups in total. The number of carbonyl (C=O) groups excluding carboxylic acids is 2. The Balaban J connectivity index is 1.88. The van der Waals surface area contributed by atoms with Crippen molar-refractivity contribution in [1.82, 2.24) is 5.32 Å². The maximum Gasteiger partial charge on any atom is 0.161 e. The largest absolute Gasteiger partial charge is 0.362 e. The molecule has 0 saturated heterocycles. The van der Waals surface area contributed by atoms with Gasteiger partial charge in [-0.1, -0.05) is 71.9 Å². The van der Waals surface area contributed by atoms with E-state index in [0.717, 1.165) is 29.0 Å². The van der Waals surface area contributed by atoms with Gasteiger partial charge in [-0.2, -0.15) is 0 Å². The van der Waals surface area contributed by atoms with Gasteiger partial charge in [0.05, 0.1) is 5.92 Å². The Morgan fingerprint density at radius 1 is 0.931 bits per heavy atom. The van der Waals surface area contributed by atoms with E-state index in [2.05, 4.69) is 77.2 Å². The van der Waals surface area contributed by atoms with Gasteiger partial charge < -0.3 is 5.32 Å². The first-order valence-corrected chi connectivity index (χ1v) is 10.9. The third-order valence-corrected chi connectivity index (χ3v) is 6.68. The van der Waals surface area contributed by atoms with Crippen molar-refractivity contribution in [2.75, 3.05) is 0 Å². The van der Waals surface area contributed by atoms with Crippen molar-refractivity contribution in [2.24, 2.45) is 16.7 Å². The van der Waals surface area contributed by atoms with Crippen LogP contribution in [0.15, 0.2) is 47.3 Å². The highest BCUT2D eigenvalue weighted by atomic mass is 16.1. The van der Waals surface area contributed by atoms with Crippen LogP contribution in [-0.4, -0.2) is 11.6 Å². The molecule has 0 bridgehead atoms. The van der Waals surface area contributed by atoms with Gasteiger partial charge in [-0.25, -0.2) is 0 Å². The van der Waals surface area contributed by atoms with Crippen LogP contribution in [0.4, 0.5) is 0 Å². The number of ketones is 2. The second-order valence-corrected chi connectivity index (χ2v) is 11.0. The Hall–Kier alpha value is -2.16. The van der Waals surface area contributed by atoms with Crippen LogP contribution in [0.2, 0.25) is 0 Å². The fraction of sp³-hybridized carbons (Fsp3) is 0.538. The Kier molecular flexibility index (Phi) is 4.64. The number of hydrogen-bond acceptors (Lipinski definition) is 3. The molecular formula is C26H33NO2. The van der Waals surface area contributed by atoms with E-state index in [1.807, 2.05) is 0 Å². The predicted octanol–water partition coefficient (Wildman–Crippen LogP) is 5.64. The summed E-state index contributed by atoms with van der Waals surface area (Å²) in [4.78, 5) is 26.6. The van der Waals surface area contributed by atoms with E-state index in [0.29, 0.717) is 18.8 Å². The van der Waals surface area contributed by atoms with Gasteiger partial charge in [0.2, 0.25) is 0 Å². The third kappa shape index (κ3) is 3.60. The van der Waals surface area contributed by atoms with Gasteiger partial charge in [-0.3, -0.25) is 9.59 Å². The number of carbonyl (C=O) groups is 2. The molecule has 2 atom stereocenters. The smallest absolute Gasteiger partial charge is 0.161 e. The quantitative estimate of drug-likeness (QED) is 0.710. The minimum Gasteiger partial charge on any atom is -0.362 e. The Labute approximate surface area is 174 Å². The molecule has 0 radical (unpaired) electrons. The standard InChI is InChI=1S/C26H33NO2/c1-15(2)16-7-9-17(10-8-16)22-23-18(11-25(3,4)13-20(23)28)27-19-12-26(5,6)14-21(29)24(19)22/h7-11,15,22-23,27H,12-14H2,1-6H3. The number of benzene rings is 1. The lowest BCUT2D eigenvalue weighted by Gasteiger charge is -2.45. The molecule has 4 rings (SSSR count). The molecule has 2 aliphatic carbocycles. The molecule has 0 saturated carbocycles. The van der Waals surface area contributed by atoms with E-state index in [9.17, 15) is 9.59 Å². The van der Waals surface area contributed by atoms with Crippen LogP contribution >= 0.6 is 0 Å². The minimum absolute atomic E-state index is 0.0590. The first kappa shape index (κ1) is 20.1. The predicted molar refractivity (Wildman–Crippen MR) is 116 cm³/mol. The monoisotopic (exact) mass is 391 g/mol. The van der Waals surface area contributed by atoms with E-state index in [1.54, 1.807) is 0 Å². The molecule has 1 aliphatic heterocycles. The molecule has 0 fully saturated rings. The number of rotatable bonds is 2. The van der Waals surface area contributed by atoms with Crippen molar-refractivity contribution in [2.45, 2.75) is 72.6 Å². The molecule has 0 aromatic heterocycles. The van der Waals surface area contributed by atoms with Crippen molar-refractivity contribution in [1.29, 1.82) is 0 Å². The van der Waals surface area contributed by atoms with Crippen LogP contribution in [0.3, 0.4) is 0 Å². The van der Waals surface area contributed by atoms with Crippen LogP contribution in [0.5, 0.6) is 0 Å². The molecule has 29 heavy (non-hydrogen) atoms. The Bertz CT molecular complexity index is 928. The van der Waals surface area contributed by atoms with E-state index in [1.165, 1.54) is 5.56 Å². The highest BCUT2D eigenvalue weighted by molar-refractivity contribution is 6.01. The van der Waals surface area contributed by atoms with Crippen LogP contribution in [-0.2, 0) is 9.59 Å². The van der Waals surface area contributed by atoms with E-state index in [4.69, 9.17) is 0 Å². The van der Waals surface area contributed by atoms with Gasteiger partial charge in [-0.15, -0.1) is 0 Å². The van der Waals surface area contributed by atoms with Crippen LogP contribution < -0.4 is 5.32 Å². The zero-order valence-corrected chi connectivity index (χ0v) is 18.6. The summed E-state index contributed by atoms with van der Waals surface area (Å²) in [5, 5.41) is 3.56. The van der Waals surface area contributed by atoms with Gasteiger partial charge in [0, 0.05) is 35.7 Å². The Morgan fingerprint density at radius 3 is 2.21 bits per heavy atom. The number of hydrogen-bond donors (Lipinski definition) is 1. The van der Waals surface area contributed by atoms with Gasteiger partial charge in [0.25, 0.3) is 0 Å². The summed E-state index contributed by atoms with van der Waals surface area (Å²) in [6.45, 7) is 12.9. The SMILES string of the molecule is CC(C)c1ccc(C2C3=C(CC(C)(C)CC3=O)NC3=CC(C)(C)CC(=O)C32)cc1. The first-order chi connectivity index (χ1) is 13.5. The highest BCUT2D eigenvalue weighted by Gasteiger charge is 2.48. The second-order valence-electron chi connectivity index (χ2n) is 11.0. The fourth-order valence-corrected chi connectivity index (χ4v) is 5.37. The highest BCUT2D eigenvalue weighted by Crippen LogP contribution is 2.51. The summed E-state index contributed by atoms with van der Waals surface area (Å²) in [7, 11) is 0. The average Bonchev–Trinajstić information content (AvgIpc) is 2.57. The maximum atomic E-state index is 13.3. The van der Waals surface area contributed by atoms with Gasteiger partial charge >= 0.3 is 0 Å². The fourth-order valence-electron chi connectivity index (χ4n) is 5.37. The molecular weight excluding hydrogens is 358 g/mol. The topological polar surface area (TPSA) is 46.2 Å². The van der Waals surface area contributed by atoms with Crippen molar-refractivity contribution in [3.05, 3.63) is 58.4 Å². The lowest BCUT2D eigenvalue weighted by atomic mass is 9.62. The van der Waals surface area contributed by atoms with Crippen molar-refractivity contribution < 1.29 is 9.59 Å². The number of Topliss-reactive ketones (excluding diaryl/α,β-unsaturated/α-hetero) is 2. The van der Waals surface area contributed by atoms with Gasteiger partial charge in [-0.05, 0) is 34.3 Å². The molecule has 0 amide bonds. The minimum atomic E-state index is -0.281. The van der Waals surface area contributed by atoms with Crippen LogP contribution in [0.1, 0.15) is 83.8 Å². The van der Waals surface area contributed by atoms with Gasteiger partial charge in [0.1, 0.15) is 5.78 Å². The van der Waals surface area contributed by atoms with Crippen LogP contribution in [0.25, 0.3) is 0 Å². The van der Waals surface area contributed by atoms with E-state index < -0.39 is 0 Å². The molecule has 3 heteroatoms. The second kappa shape index (κ2) is 6.68. The molecule has 1 aromatic carbocycles. The summed E-state index contributed by atoms with van der Waals surface area (Å²) < 4.78 is 0.